The molecule has 0 bridgehead atoms. The molecule has 0 amide bonds. The SMILES string of the molecule is CCc1ccc([Si](Cl)(Cl)CCCCCCCCl)cc1. The second kappa shape index (κ2) is 9.28. The average Bonchev–Trinajstić information content (AvgIpc) is 2.43. The molecule has 0 saturated carbocycles. The third kappa shape index (κ3) is 6.53. The lowest BCUT2D eigenvalue weighted by Crippen LogP contribution is -2.36. The molecule has 0 radical (unpaired) electrons. The van der Waals surface area contributed by atoms with Crippen molar-refractivity contribution in [3.8, 4) is 0 Å². The lowest BCUT2D eigenvalue weighted by molar-refractivity contribution is 0.657. The Bertz CT molecular complexity index is 349. The van der Waals surface area contributed by atoms with Gasteiger partial charge in [-0.05, 0) is 29.6 Å². The summed E-state index contributed by atoms with van der Waals surface area (Å²) in [5.41, 5.74) is 1.34. The Morgan fingerprint density at radius 3 is 2.05 bits per heavy atom. The van der Waals surface area contributed by atoms with Crippen molar-refractivity contribution in [3.05, 3.63) is 29.8 Å². The van der Waals surface area contributed by atoms with E-state index in [0.29, 0.717) is 0 Å². The molecule has 0 aliphatic rings. The summed E-state index contributed by atoms with van der Waals surface area (Å²) >= 11 is 18.8. The predicted molar refractivity (Wildman–Crippen MR) is 91.5 cm³/mol. The Kier molecular flexibility index (Phi) is 8.48. The van der Waals surface area contributed by atoms with Gasteiger partial charge >= 0.3 is 0 Å². The molecule has 0 aliphatic carbocycles. The van der Waals surface area contributed by atoms with Crippen molar-refractivity contribution in [1.82, 2.24) is 0 Å². The summed E-state index contributed by atoms with van der Waals surface area (Å²) in [5.74, 6) is 0.771. The predicted octanol–water partition coefficient (Wildman–Crippen LogP) is 5.57. The van der Waals surface area contributed by atoms with Crippen molar-refractivity contribution in [1.29, 1.82) is 0 Å². The zero-order valence-corrected chi connectivity index (χ0v) is 14.9. The number of hydrogen-bond acceptors (Lipinski definition) is 0. The Hall–Kier alpha value is 0.307. The largest absolute Gasteiger partial charge is 0.280 e. The highest BCUT2D eigenvalue weighted by Gasteiger charge is 2.29. The summed E-state index contributed by atoms with van der Waals surface area (Å²) in [6.07, 6.45) is 6.95. The molecule has 1 aromatic carbocycles. The maximum atomic E-state index is 6.58. The zero-order chi connectivity index (χ0) is 14.1. The van der Waals surface area contributed by atoms with Crippen molar-refractivity contribution in [2.75, 3.05) is 5.88 Å². The number of aryl methyl sites for hydroxylation is 1. The van der Waals surface area contributed by atoms with Crippen LogP contribution in [0.3, 0.4) is 0 Å². The van der Waals surface area contributed by atoms with E-state index in [9.17, 15) is 0 Å². The van der Waals surface area contributed by atoms with Crippen molar-refractivity contribution in [2.24, 2.45) is 0 Å². The molecule has 4 heteroatoms. The van der Waals surface area contributed by atoms with E-state index in [4.69, 9.17) is 33.8 Å². The van der Waals surface area contributed by atoms with Gasteiger partial charge in [-0.3, -0.25) is 0 Å². The molecule has 0 saturated heterocycles. The fourth-order valence-corrected chi connectivity index (χ4v) is 5.48. The molecule has 0 aromatic heterocycles. The normalized spacial score (nSPS) is 11.8. The van der Waals surface area contributed by atoms with Gasteiger partial charge in [-0.15, -0.1) is 33.8 Å². The monoisotopic (exact) mass is 336 g/mol. The van der Waals surface area contributed by atoms with Crippen LogP contribution in [0.25, 0.3) is 0 Å². The fourth-order valence-electron chi connectivity index (χ4n) is 2.10. The van der Waals surface area contributed by atoms with Crippen LogP contribution in [0.5, 0.6) is 0 Å². The van der Waals surface area contributed by atoms with E-state index in [1.807, 2.05) is 0 Å². The van der Waals surface area contributed by atoms with E-state index >= 15 is 0 Å². The maximum Gasteiger partial charge on any atom is 0.280 e. The summed E-state index contributed by atoms with van der Waals surface area (Å²) in [7, 11) is 0. The van der Waals surface area contributed by atoms with Gasteiger partial charge in [-0.25, -0.2) is 0 Å². The molecule has 108 valence electrons. The molecule has 0 heterocycles. The van der Waals surface area contributed by atoms with Gasteiger partial charge in [0.1, 0.15) is 0 Å². The van der Waals surface area contributed by atoms with E-state index in [2.05, 4.69) is 31.2 Å². The highest BCUT2D eigenvalue weighted by Crippen LogP contribution is 2.24. The molecule has 1 aromatic rings. The average molecular weight is 338 g/mol. The van der Waals surface area contributed by atoms with Gasteiger partial charge in [-0.1, -0.05) is 56.9 Å². The fraction of sp³-hybridized carbons (Fsp3) is 0.600. The molecular formula is C15H23Cl3Si. The van der Waals surface area contributed by atoms with Crippen LogP contribution in [0.4, 0.5) is 0 Å². The van der Waals surface area contributed by atoms with E-state index in [-0.39, 0.29) is 0 Å². The van der Waals surface area contributed by atoms with Crippen LogP contribution < -0.4 is 5.19 Å². The minimum absolute atomic E-state index is 0.771. The molecule has 0 aliphatic heterocycles. The Morgan fingerprint density at radius 1 is 0.895 bits per heavy atom. The first-order valence-corrected chi connectivity index (χ1v) is 11.9. The molecule has 0 N–H and O–H groups in total. The van der Waals surface area contributed by atoms with Gasteiger partial charge in [0.05, 0.1) is 0 Å². The topological polar surface area (TPSA) is 0 Å². The quantitative estimate of drug-likeness (QED) is 0.239. The van der Waals surface area contributed by atoms with E-state index in [1.165, 1.54) is 24.8 Å². The van der Waals surface area contributed by atoms with Crippen LogP contribution in [-0.2, 0) is 6.42 Å². The molecule has 0 nitrogen and oxygen atoms in total. The molecular weight excluding hydrogens is 315 g/mol. The number of unbranched alkanes of at least 4 members (excludes halogenated alkanes) is 4. The highest BCUT2D eigenvalue weighted by atomic mass is 35.7. The lowest BCUT2D eigenvalue weighted by atomic mass is 10.2. The minimum Gasteiger partial charge on any atom is -0.140 e. The summed E-state index contributed by atoms with van der Waals surface area (Å²) < 4.78 is 0. The Balaban J connectivity index is 2.37. The Labute approximate surface area is 132 Å². The van der Waals surface area contributed by atoms with Gasteiger partial charge in [0.2, 0.25) is 0 Å². The number of hydrogen-bond donors (Lipinski definition) is 0. The highest BCUT2D eigenvalue weighted by molar-refractivity contribution is 7.50. The number of rotatable bonds is 9. The molecule has 19 heavy (non-hydrogen) atoms. The number of benzene rings is 1. The van der Waals surface area contributed by atoms with Crippen LogP contribution in [0.15, 0.2) is 24.3 Å². The molecule has 0 unspecified atom stereocenters. The van der Waals surface area contributed by atoms with Gasteiger partial charge < -0.3 is 0 Å². The summed E-state index contributed by atoms with van der Waals surface area (Å²) in [5, 5.41) is 1.15. The first kappa shape index (κ1) is 17.4. The van der Waals surface area contributed by atoms with Crippen molar-refractivity contribution < 1.29 is 0 Å². The number of alkyl halides is 1. The third-order valence-corrected chi connectivity index (χ3v) is 8.28. The molecule has 0 spiro atoms. The Morgan fingerprint density at radius 2 is 1.47 bits per heavy atom. The second-order valence-corrected chi connectivity index (χ2v) is 12.3. The van der Waals surface area contributed by atoms with Crippen molar-refractivity contribution in [3.63, 3.8) is 0 Å². The summed E-state index contributed by atoms with van der Waals surface area (Å²) in [6, 6.07) is 9.45. The third-order valence-electron chi connectivity index (χ3n) is 3.41. The first-order chi connectivity index (χ1) is 9.10. The minimum atomic E-state index is -2.27. The second-order valence-electron chi connectivity index (χ2n) is 4.96. The van der Waals surface area contributed by atoms with E-state index in [0.717, 1.165) is 36.4 Å². The van der Waals surface area contributed by atoms with Crippen LogP contribution >= 0.6 is 33.8 Å². The van der Waals surface area contributed by atoms with Crippen LogP contribution in [0.2, 0.25) is 6.04 Å². The van der Waals surface area contributed by atoms with E-state index < -0.39 is 6.69 Å². The van der Waals surface area contributed by atoms with Gasteiger partial charge in [0.25, 0.3) is 6.69 Å². The summed E-state index contributed by atoms with van der Waals surface area (Å²) in [6.45, 7) is -0.111. The lowest BCUT2D eigenvalue weighted by Gasteiger charge is -2.17. The summed E-state index contributed by atoms with van der Waals surface area (Å²) in [4.78, 5) is 0. The van der Waals surface area contributed by atoms with Gasteiger partial charge in [0, 0.05) is 5.88 Å². The zero-order valence-electron chi connectivity index (χ0n) is 11.6. The maximum absolute atomic E-state index is 6.58. The number of halogens is 3. The van der Waals surface area contributed by atoms with Crippen LogP contribution in [-0.4, -0.2) is 12.6 Å². The van der Waals surface area contributed by atoms with Crippen LogP contribution in [0.1, 0.15) is 44.6 Å². The molecule has 0 atom stereocenters. The van der Waals surface area contributed by atoms with Crippen LogP contribution in [0, 0.1) is 0 Å². The first-order valence-electron chi connectivity index (χ1n) is 7.13. The smallest absolute Gasteiger partial charge is 0.140 e. The molecule has 1 rings (SSSR count). The van der Waals surface area contributed by atoms with Crippen molar-refractivity contribution >= 4 is 45.6 Å². The van der Waals surface area contributed by atoms with Gasteiger partial charge in [-0.2, -0.15) is 0 Å². The standard InChI is InChI=1S/C15H23Cl3Si/c1-2-14-8-10-15(11-9-14)19(17,18)13-7-5-3-4-6-12-16/h8-11H,2-7,12-13H2,1H3. The van der Waals surface area contributed by atoms with Crippen molar-refractivity contribution in [2.45, 2.75) is 51.5 Å². The van der Waals surface area contributed by atoms with E-state index in [1.54, 1.807) is 0 Å². The molecule has 0 fully saturated rings. The van der Waals surface area contributed by atoms with Gasteiger partial charge in [0.15, 0.2) is 0 Å².